The summed E-state index contributed by atoms with van der Waals surface area (Å²) in [4.78, 5) is 0. The molecule has 0 bridgehead atoms. The molecule has 0 aliphatic carbocycles. The van der Waals surface area contributed by atoms with E-state index in [1.807, 2.05) is 25.1 Å². The minimum absolute atomic E-state index is 0.805. The highest BCUT2D eigenvalue weighted by Crippen LogP contribution is 2.36. The summed E-state index contributed by atoms with van der Waals surface area (Å²) in [5.41, 5.74) is 0. The highest BCUT2D eigenvalue weighted by molar-refractivity contribution is 8.27. The van der Waals surface area contributed by atoms with E-state index in [0.717, 1.165) is 13.2 Å². The number of hydrogen-bond donors (Lipinski definition) is 0. The van der Waals surface area contributed by atoms with Gasteiger partial charge in [0.25, 0.3) is 0 Å². The van der Waals surface area contributed by atoms with Crippen molar-refractivity contribution in [3.05, 3.63) is 0 Å². The second-order valence-electron chi connectivity index (χ2n) is 2.50. The molecule has 1 heterocycles. The van der Waals surface area contributed by atoms with Crippen LogP contribution < -0.4 is 0 Å². The smallest absolute Gasteiger partial charge is 0.387 e. The first-order valence-corrected chi connectivity index (χ1v) is 7.98. The van der Waals surface area contributed by atoms with Crippen LogP contribution >= 0.6 is 11.2 Å². The molecule has 0 radical (unpaired) electrons. The van der Waals surface area contributed by atoms with E-state index in [-0.39, 0.29) is 0 Å². The zero-order valence-corrected chi connectivity index (χ0v) is 9.08. The second kappa shape index (κ2) is 4.50. The standard InChI is InChI=1S/C7H16O2SSi/c1-3-8-11(9-4-2)7-5-6-10-11/h3-7H2,1-2H3. The predicted molar refractivity (Wildman–Crippen MR) is 50.9 cm³/mol. The Morgan fingerprint density at radius 3 is 2.27 bits per heavy atom. The minimum atomic E-state index is -1.72. The van der Waals surface area contributed by atoms with Crippen molar-refractivity contribution in [3.8, 4) is 0 Å². The third-order valence-corrected chi connectivity index (χ3v) is 8.28. The van der Waals surface area contributed by atoms with Crippen LogP contribution in [-0.2, 0) is 8.85 Å². The third kappa shape index (κ3) is 2.47. The molecule has 0 atom stereocenters. The summed E-state index contributed by atoms with van der Waals surface area (Å²) in [5.74, 6) is 1.23. The number of hydrogen-bond acceptors (Lipinski definition) is 3. The molecule has 0 unspecified atom stereocenters. The lowest BCUT2D eigenvalue weighted by Gasteiger charge is -2.23. The predicted octanol–water partition coefficient (Wildman–Crippen LogP) is 2.14. The van der Waals surface area contributed by atoms with Gasteiger partial charge in [-0.3, -0.25) is 0 Å². The zero-order chi connectivity index (χ0) is 8.16. The molecular weight excluding hydrogens is 176 g/mol. The molecule has 11 heavy (non-hydrogen) atoms. The van der Waals surface area contributed by atoms with Crippen LogP contribution in [-0.4, -0.2) is 26.7 Å². The summed E-state index contributed by atoms with van der Waals surface area (Å²) in [7, 11) is -1.72. The SMILES string of the molecule is CCO[Si]1(OCC)CCCS1. The van der Waals surface area contributed by atoms with Crippen molar-refractivity contribution in [2.45, 2.75) is 26.3 Å². The van der Waals surface area contributed by atoms with Crippen LogP contribution in [0.1, 0.15) is 20.3 Å². The maximum Gasteiger partial charge on any atom is 0.406 e. The molecule has 0 aromatic rings. The van der Waals surface area contributed by atoms with E-state index >= 15 is 0 Å². The van der Waals surface area contributed by atoms with Crippen LogP contribution in [0, 0.1) is 0 Å². The summed E-state index contributed by atoms with van der Waals surface area (Å²) in [5, 5.41) is 0. The Kier molecular flexibility index (Phi) is 3.91. The van der Waals surface area contributed by atoms with E-state index in [4.69, 9.17) is 8.85 Å². The van der Waals surface area contributed by atoms with Crippen LogP contribution in [0.5, 0.6) is 0 Å². The van der Waals surface area contributed by atoms with Gasteiger partial charge >= 0.3 is 7.71 Å². The molecule has 0 N–H and O–H groups in total. The van der Waals surface area contributed by atoms with Crippen molar-refractivity contribution in [2.24, 2.45) is 0 Å². The lowest BCUT2D eigenvalue weighted by atomic mass is 10.6. The van der Waals surface area contributed by atoms with Gasteiger partial charge < -0.3 is 8.85 Å². The normalized spacial score (nSPS) is 22.4. The van der Waals surface area contributed by atoms with Gasteiger partial charge in [0.15, 0.2) is 0 Å². The molecular formula is C7H16O2SSi. The quantitative estimate of drug-likeness (QED) is 0.636. The summed E-state index contributed by atoms with van der Waals surface area (Å²) in [6.07, 6.45) is 1.27. The Hall–Kier alpha value is 0.487. The molecule has 1 saturated heterocycles. The Labute approximate surface area is 73.5 Å². The van der Waals surface area contributed by atoms with Crippen LogP contribution in [0.3, 0.4) is 0 Å². The Balaban J connectivity index is 2.40. The molecule has 0 aromatic carbocycles. The van der Waals surface area contributed by atoms with Crippen molar-refractivity contribution < 1.29 is 8.85 Å². The lowest BCUT2D eigenvalue weighted by molar-refractivity contribution is 0.206. The fourth-order valence-corrected chi connectivity index (χ4v) is 7.77. The van der Waals surface area contributed by atoms with Gasteiger partial charge in [-0.25, -0.2) is 0 Å². The van der Waals surface area contributed by atoms with Crippen LogP contribution in [0.2, 0.25) is 6.04 Å². The summed E-state index contributed by atoms with van der Waals surface area (Å²) >= 11 is 1.93. The first kappa shape index (κ1) is 9.57. The first-order valence-electron chi connectivity index (χ1n) is 4.25. The van der Waals surface area contributed by atoms with E-state index in [1.165, 1.54) is 18.2 Å². The Morgan fingerprint density at radius 2 is 1.91 bits per heavy atom. The topological polar surface area (TPSA) is 18.5 Å². The van der Waals surface area contributed by atoms with E-state index in [0.29, 0.717) is 0 Å². The summed E-state index contributed by atoms with van der Waals surface area (Å²) in [6.45, 7) is 5.71. The fraction of sp³-hybridized carbons (Fsp3) is 1.00. The van der Waals surface area contributed by atoms with Gasteiger partial charge in [0.1, 0.15) is 0 Å². The molecule has 1 fully saturated rings. The Bertz CT molecular complexity index is 107. The van der Waals surface area contributed by atoms with E-state index < -0.39 is 7.71 Å². The van der Waals surface area contributed by atoms with Gasteiger partial charge in [-0.15, -0.1) is 11.2 Å². The molecule has 4 heteroatoms. The molecule has 0 amide bonds. The molecule has 2 nitrogen and oxygen atoms in total. The monoisotopic (exact) mass is 192 g/mol. The van der Waals surface area contributed by atoms with Gasteiger partial charge in [0.2, 0.25) is 0 Å². The van der Waals surface area contributed by atoms with Crippen LogP contribution in [0.25, 0.3) is 0 Å². The van der Waals surface area contributed by atoms with Gasteiger partial charge in [0.05, 0.1) is 0 Å². The van der Waals surface area contributed by atoms with E-state index in [9.17, 15) is 0 Å². The second-order valence-corrected chi connectivity index (χ2v) is 8.37. The highest BCUT2D eigenvalue weighted by Gasteiger charge is 2.41. The summed E-state index contributed by atoms with van der Waals surface area (Å²) in [6, 6.07) is 1.18. The van der Waals surface area contributed by atoms with Gasteiger partial charge in [-0.05, 0) is 26.0 Å². The molecule has 0 saturated carbocycles. The van der Waals surface area contributed by atoms with Crippen LogP contribution in [0.15, 0.2) is 0 Å². The minimum Gasteiger partial charge on any atom is -0.387 e. The molecule has 1 rings (SSSR count). The molecule has 0 spiro atoms. The van der Waals surface area contributed by atoms with E-state index in [1.54, 1.807) is 0 Å². The summed E-state index contributed by atoms with van der Waals surface area (Å²) < 4.78 is 11.4. The fourth-order valence-electron chi connectivity index (χ4n) is 1.30. The van der Waals surface area contributed by atoms with Crippen molar-refractivity contribution in [2.75, 3.05) is 19.0 Å². The van der Waals surface area contributed by atoms with E-state index in [2.05, 4.69) is 0 Å². The van der Waals surface area contributed by atoms with Crippen molar-refractivity contribution in [3.63, 3.8) is 0 Å². The van der Waals surface area contributed by atoms with Gasteiger partial charge in [-0.1, -0.05) is 0 Å². The first-order chi connectivity index (χ1) is 5.33. The lowest BCUT2D eigenvalue weighted by Crippen LogP contribution is -2.35. The molecule has 66 valence electrons. The maximum absolute atomic E-state index is 5.71. The van der Waals surface area contributed by atoms with Crippen molar-refractivity contribution >= 4 is 18.9 Å². The largest absolute Gasteiger partial charge is 0.406 e. The molecule has 1 aliphatic heterocycles. The molecule has 0 aromatic heterocycles. The van der Waals surface area contributed by atoms with Crippen molar-refractivity contribution in [1.29, 1.82) is 0 Å². The highest BCUT2D eigenvalue weighted by atomic mass is 32.4. The van der Waals surface area contributed by atoms with Crippen LogP contribution in [0.4, 0.5) is 0 Å². The average molecular weight is 192 g/mol. The van der Waals surface area contributed by atoms with Gasteiger partial charge in [-0.2, -0.15) is 0 Å². The average Bonchev–Trinajstić information content (AvgIpc) is 2.39. The molecule has 1 aliphatic rings. The third-order valence-electron chi connectivity index (χ3n) is 1.68. The number of rotatable bonds is 4. The zero-order valence-electron chi connectivity index (χ0n) is 7.26. The maximum atomic E-state index is 5.71. The van der Waals surface area contributed by atoms with Gasteiger partial charge in [0, 0.05) is 19.3 Å². The Morgan fingerprint density at radius 1 is 1.27 bits per heavy atom. The van der Waals surface area contributed by atoms with Crippen molar-refractivity contribution in [1.82, 2.24) is 0 Å².